The number of carbonyl (C=O) groups is 2. The Hall–Kier alpha value is -2.99. The monoisotopic (exact) mass is 386 g/mol. The van der Waals surface area contributed by atoms with E-state index >= 15 is 0 Å². The molecule has 0 aliphatic heterocycles. The third-order valence-corrected chi connectivity index (χ3v) is 4.32. The molecule has 0 aliphatic carbocycles. The summed E-state index contributed by atoms with van der Waals surface area (Å²) in [6.45, 7) is 1.44. The van der Waals surface area contributed by atoms with Crippen molar-refractivity contribution in [1.29, 1.82) is 0 Å². The number of ether oxygens (including phenoxy) is 1. The van der Waals surface area contributed by atoms with Crippen LogP contribution >= 0.6 is 11.6 Å². The molecular weight excluding hydrogens is 371 g/mol. The molecule has 1 N–H and O–H groups in total. The van der Waals surface area contributed by atoms with Gasteiger partial charge in [0.25, 0.3) is 5.91 Å². The van der Waals surface area contributed by atoms with Gasteiger partial charge in [0, 0.05) is 22.2 Å². The molecule has 1 atom stereocenters. The summed E-state index contributed by atoms with van der Waals surface area (Å²) in [4.78, 5) is 28.6. The van der Waals surface area contributed by atoms with E-state index in [1.165, 1.54) is 25.1 Å². The van der Waals surface area contributed by atoms with Gasteiger partial charge in [-0.2, -0.15) is 0 Å². The van der Waals surface area contributed by atoms with Gasteiger partial charge in [-0.25, -0.2) is 4.39 Å². The molecule has 0 aliphatic rings. The number of fused-ring (bicyclic) bond motifs is 1. The first-order chi connectivity index (χ1) is 13.0. The zero-order valence-electron chi connectivity index (χ0n) is 14.4. The van der Waals surface area contributed by atoms with Crippen LogP contribution in [-0.2, 0) is 20.7 Å². The van der Waals surface area contributed by atoms with E-state index in [0.29, 0.717) is 5.69 Å². The maximum Gasteiger partial charge on any atom is 0.311 e. The van der Waals surface area contributed by atoms with Gasteiger partial charge in [0.05, 0.1) is 17.6 Å². The lowest BCUT2D eigenvalue weighted by Gasteiger charge is -2.15. The molecule has 7 heteroatoms. The van der Waals surface area contributed by atoms with E-state index in [9.17, 15) is 14.0 Å². The van der Waals surface area contributed by atoms with Gasteiger partial charge in [-0.3, -0.25) is 14.6 Å². The third kappa shape index (κ3) is 4.41. The SMILES string of the molecule is CC(OC(=O)Cc1c(F)cccc1Cl)C(=O)Nc1cccc2ncccc12. The highest BCUT2D eigenvalue weighted by Crippen LogP contribution is 2.22. The van der Waals surface area contributed by atoms with E-state index in [1.807, 2.05) is 12.1 Å². The molecule has 0 bridgehead atoms. The average Bonchev–Trinajstić information content (AvgIpc) is 2.65. The molecule has 3 aromatic rings. The molecule has 0 fully saturated rings. The van der Waals surface area contributed by atoms with Crippen LogP contribution in [0.5, 0.6) is 0 Å². The lowest BCUT2D eigenvalue weighted by molar-refractivity contribution is -0.152. The molecule has 0 radical (unpaired) electrons. The highest BCUT2D eigenvalue weighted by atomic mass is 35.5. The second-order valence-corrected chi connectivity index (χ2v) is 6.28. The first kappa shape index (κ1) is 18.8. The van der Waals surface area contributed by atoms with Crippen LogP contribution in [-0.4, -0.2) is 23.0 Å². The van der Waals surface area contributed by atoms with Gasteiger partial charge in [0.1, 0.15) is 5.82 Å². The molecular formula is C20H16ClFN2O3. The number of esters is 1. The van der Waals surface area contributed by atoms with Crippen LogP contribution in [0.2, 0.25) is 5.02 Å². The van der Waals surface area contributed by atoms with Gasteiger partial charge in [-0.1, -0.05) is 23.7 Å². The Labute approximate surface area is 160 Å². The van der Waals surface area contributed by atoms with Crippen LogP contribution in [0.3, 0.4) is 0 Å². The first-order valence-electron chi connectivity index (χ1n) is 8.22. The molecule has 0 saturated carbocycles. The Morgan fingerprint density at radius 1 is 1.19 bits per heavy atom. The standard InChI is InChI=1S/C20H16ClFN2O3/c1-12(27-19(25)11-14-15(21)6-2-7-16(14)22)20(26)24-18-9-3-8-17-13(18)5-4-10-23-17/h2-10,12H,11H2,1H3,(H,24,26). The van der Waals surface area contributed by atoms with E-state index in [-0.39, 0.29) is 17.0 Å². The van der Waals surface area contributed by atoms with Gasteiger partial charge in [-0.05, 0) is 43.3 Å². The molecule has 1 amide bonds. The summed E-state index contributed by atoms with van der Waals surface area (Å²) in [5, 5.41) is 3.62. The number of pyridine rings is 1. The third-order valence-electron chi connectivity index (χ3n) is 3.96. The number of nitrogens with zero attached hydrogens (tertiary/aromatic N) is 1. The fourth-order valence-corrected chi connectivity index (χ4v) is 2.81. The lowest BCUT2D eigenvalue weighted by Crippen LogP contribution is -2.30. The van der Waals surface area contributed by atoms with Crippen LogP contribution in [0.15, 0.2) is 54.7 Å². The average molecular weight is 387 g/mol. The largest absolute Gasteiger partial charge is 0.452 e. The summed E-state index contributed by atoms with van der Waals surface area (Å²) < 4.78 is 18.9. The van der Waals surface area contributed by atoms with Gasteiger partial charge in [0.2, 0.25) is 0 Å². The Morgan fingerprint density at radius 3 is 2.74 bits per heavy atom. The molecule has 138 valence electrons. The van der Waals surface area contributed by atoms with Crippen molar-refractivity contribution in [3.05, 3.63) is 71.1 Å². The minimum Gasteiger partial charge on any atom is -0.452 e. The Kier molecular flexibility index (Phi) is 5.66. The van der Waals surface area contributed by atoms with Crippen molar-refractivity contribution in [1.82, 2.24) is 4.98 Å². The maximum absolute atomic E-state index is 13.8. The zero-order valence-corrected chi connectivity index (χ0v) is 15.2. The molecule has 2 aromatic carbocycles. The van der Waals surface area contributed by atoms with Crippen molar-refractivity contribution in [3.8, 4) is 0 Å². The summed E-state index contributed by atoms with van der Waals surface area (Å²) in [5.74, 6) is -1.84. The molecule has 27 heavy (non-hydrogen) atoms. The number of hydrogen-bond donors (Lipinski definition) is 1. The Morgan fingerprint density at radius 2 is 1.96 bits per heavy atom. The van der Waals surface area contributed by atoms with Crippen molar-refractivity contribution < 1.29 is 18.7 Å². The number of halogens is 2. The smallest absolute Gasteiger partial charge is 0.311 e. The molecule has 1 aromatic heterocycles. The molecule has 1 unspecified atom stereocenters. The van der Waals surface area contributed by atoms with E-state index in [4.69, 9.17) is 16.3 Å². The van der Waals surface area contributed by atoms with Crippen LogP contribution in [0.25, 0.3) is 10.9 Å². The number of carbonyl (C=O) groups excluding carboxylic acids is 2. The lowest BCUT2D eigenvalue weighted by atomic mass is 10.1. The normalized spacial score (nSPS) is 11.8. The summed E-state index contributed by atoms with van der Waals surface area (Å²) in [7, 11) is 0. The molecule has 3 rings (SSSR count). The van der Waals surface area contributed by atoms with Gasteiger partial charge >= 0.3 is 5.97 Å². The fourth-order valence-electron chi connectivity index (χ4n) is 2.58. The molecule has 0 saturated heterocycles. The summed E-state index contributed by atoms with van der Waals surface area (Å²) in [5.41, 5.74) is 1.33. The Balaban J connectivity index is 1.66. The van der Waals surface area contributed by atoms with E-state index in [0.717, 1.165) is 10.9 Å². The van der Waals surface area contributed by atoms with E-state index in [2.05, 4.69) is 10.3 Å². The number of anilines is 1. The minimum absolute atomic E-state index is 0.0388. The maximum atomic E-state index is 13.8. The van der Waals surface area contributed by atoms with Crippen molar-refractivity contribution in [2.45, 2.75) is 19.4 Å². The Bertz CT molecular complexity index is 984. The number of rotatable bonds is 5. The van der Waals surface area contributed by atoms with Crippen molar-refractivity contribution in [2.24, 2.45) is 0 Å². The molecule has 5 nitrogen and oxygen atoms in total. The number of benzene rings is 2. The van der Waals surface area contributed by atoms with Crippen LogP contribution in [0.1, 0.15) is 12.5 Å². The van der Waals surface area contributed by atoms with Crippen molar-refractivity contribution >= 4 is 40.1 Å². The molecule has 1 heterocycles. The highest BCUT2D eigenvalue weighted by molar-refractivity contribution is 6.31. The van der Waals surface area contributed by atoms with E-state index < -0.39 is 23.8 Å². The zero-order chi connectivity index (χ0) is 19.4. The quantitative estimate of drug-likeness (QED) is 0.669. The number of nitrogens with one attached hydrogen (secondary N) is 1. The van der Waals surface area contributed by atoms with Gasteiger partial charge in [0.15, 0.2) is 6.10 Å². The second-order valence-electron chi connectivity index (χ2n) is 5.87. The fraction of sp³-hybridized carbons (Fsp3) is 0.150. The molecule has 0 spiro atoms. The number of hydrogen-bond acceptors (Lipinski definition) is 4. The predicted octanol–water partition coefficient (Wildman–Crippen LogP) is 4.14. The topological polar surface area (TPSA) is 68.3 Å². The van der Waals surface area contributed by atoms with Gasteiger partial charge in [-0.15, -0.1) is 0 Å². The summed E-state index contributed by atoms with van der Waals surface area (Å²) >= 11 is 5.90. The van der Waals surface area contributed by atoms with Gasteiger partial charge < -0.3 is 10.1 Å². The van der Waals surface area contributed by atoms with Crippen LogP contribution in [0, 0.1) is 5.82 Å². The first-order valence-corrected chi connectivity index (χ1v) is 8.60. The number of amides is 1. The second kappa shape index (κ2) is 8.14. The van der Waals surface area contributed by atoms with Crippen LogP contribution in [0.4, 0.5) is 10.1 Å². The summed E-state index contributed by atoms with van der Waals surface area (Å²) in [6.07, 6.45) is 0.239. The van der Waals surface area contributed by atoms with Crippen molar-refractivity contribution in [3.63, 3.8) is 0 Å². The highest BCUT2D eigenvalue weighted by Gasteiger charge is 2.20. The van der Waals surface area contributed by atoms with Crippen molar-refractivity contribution in [2.75, 3.05) is 5.32 Å². The predicted molar refractivity (Wildman–Crippen MR) is 101 cm³/mol. The van der Waals surface area contributed by atoms with Crippen LogP contribution < -0.4 is 5.32 Å². The number of aromatic nitrogens is 1. The summed E-state index contributed by atoms with van der Waals surface area (Å²) in [6, 6.07) is 13.1. The minimum atomic E-state index is -1.06. The van der Waals surface area contributed by atoms with E-state index in [1.54, 1.807) is 24.4 Å².